The maximum absolute atomic E-state index is 12.7. The third kappa shape index (κ3) is 4.66. The Labute approximate surface area is 178 Å². The molecule has 0 aromatic heterocycles. The molecule has 0 bridgehead atoms. The molecule has 1 heterocycles. The Hall–Kier alpha value is -2.82. The lowest BCUT2D eigenvalue weighted by Crippen LogP contribution is -2.36. The van der Waals surface area contributed by atoms with Crippen molar-refractivity contribution in [1.82, 2.24) is 10.2 Å². The van der Waals surface area contributed by atoms with Crippen molar-refractivity contribution in [3.8, 4) is 5.75 Å². The minimum absolute atomic E-state index is 0.129. The second-order valence-electron chi connectivity index (χ2n) is 8.27. The highest BCUT2D eigenvalue weighted by Gasteiger charge is 2.22. The van der Waals surface area contributed by atoms with Crippen LogP contribution in [0.3, 0.4) is 0 Å². The lowest BCUT2D eigenvalue weighted by Gasteiger charge is -2.22. The zero-order valence-corrected chi connectivity index (χ0v) is 17.7. The average molecular weight is 407 g/mol. The van der Waals surface area contributed by atoms with Crippen LogP contribution in [0.15, 0.2) is 42.5 Å². The number of ether oxygens (including phenoxy) is 1. The SMILES string of the molecule is CC(Oc1cccc2c1CCCC2)C(=O)NCc1ccccc1CN1CCCC1=O. The Morgan fingerprint density at radius 2 is 1.83 bits per heavy atom. The molecule has 1 fully saturated rings. The van der Waals surface area contributed by atoms with Crippen molar-refractivity contribution in [1.29, 1.82) is 0 Å². The number of aryl methyl sites for hydroxylation is 1. The van der Waals surface area contributed by atoms with Crippen LogP contribution in [0.4, 0.5) is 0 Å². The first-order chi connectivity index (χ1) is 14.6. The van der Waals surface area contributed by atoms with Gasteiger partial charge in [-0.2, -0.15) is 0 Å². The van der Waals surface area contributed by atoms with Crippen LogP contribution in [0.2, 0.25) is 0 Å². The number of nitrogens with one attached hydrogen (secondary N) is 1. The summed E-state index contributed by atoms with van der Waals surface area (Å²) in [7, 11) is 0. The van der Waals surface area contributed by atoms with Crippen LogP contribution in [0.25, 0.3) is 0 Å². The monoisotopic (exact) mass is 406 g/mol. The number of benzene rings is 2. The highest BCUT2D eigenvalue weighted by molar-refractivity contribution is 5.81. The molecule has 5 nitrogen and oxygen atoms in total. The van der Waals surface area contributed by atoms with Gasteiger partial charge in [0.05, 0.1) is 0 Å². The van der Waals surface area contributed by atoms with Gasteiger partial charge in [0.15, 0.2) is 6.10 Å². The van der Waals surface area contributed by atoms with E-state index < -0.39 is 6.10 Å². The van der Waals surface area contributed by atoms with Gasteiger partial charge in [-0.1, -0.05) is 36.4 Å². The molecule has 5 heteroatoms. The van der Waals surface area contributed by atoms with Crippen LogP contribution in [0.1, 0.15) is 54.9 Å². The summed E-state index contributed by atoms with van der Waals surface area (Å²) in [6, 6.07) is 14.1. The molecule has 158 valence electrons. The van der Waals surface area contributed by atoms with Crippen LogP contribution in [-0.2, 0) is 35.5 Å². The molecule has 1 aliphatic carbocycles. The number of carbonyl (C=O) groups is 2. The molecule has 0 saturated carbocycles. The van der Waals surface area contributed by atoms with E-state index in [9.17, 15) is 9.59 Å². The number of likely N-dealkylation sites (tertiary alicyclic amines) is 1. The second-order valence-corrected chi connectivity index (χ2v) is 8.27. The van der Waals surface area contributed by atoms with Crippen LogP contribution in [0, 0.1) is 0 Å². The maximum atomic E-state index is 12.7. The van der Waals surface area contributed by atoms with Crippen molar-refractivity contribution in [3.63, 3.8) is 0 Å². The van der Waals surface area contributed by atoms with Crippen LogP contribution in [0.5, 0.6) is 5.75 Å². The van der Waals surface area contributed by atoms with Crippen molar-refractivity contribution in [2.45, 2.75) is 64.6 Å². The smallest absolute Gasteiger partial charge is 0.261 e. The lowest BCUT2D eigenvalue weighted by molar-refractivity contribution is -0.128. The van der Waals surface area contributed by atoms with Crippen LogP contribution < -0.4 is 10.1 Å². The number of fused-ring (bicyclic) bond motifs is 1. The van der Waals surface area contributed by atoms with Crippen molar-refractivity contribution >= 4 is 11.8 Å². The molecule has 4 rings (SSSR count). The van der Waals surface area contributed by atoms with Crippen molar-refractivity contribution < 1.29 is 14.3 Å². The standard InChI is InChI=1S/C25H30N2O3/c1-18(30-23-13-6-11-19-8-4-5-12-22(19)23)25(29)26-16-20-9-2-3-10-21(20)17-27-15-7-14-24(27)28/h2-3,6,9-11,13,18H,4-5,7-8,12,14-17H2,1H3,(H,26,29). The molecule has 2 aromatic carbocycles. The molecule has 30 heavy (non-hydrogen) atoms. The van der Waals surface area contributed by atoms with E-state index in [-0.39, 0.29) is 11.8 Å². The Kier molecular flexibility index (Phi) is 6.36. The van der Waals surface area contributed by atoms with E-state index in [0.717, 1.165) is 42.7 Å². The van der Waals surface area contributed by atoms with Gasteiger partial charge in [0, 0.05) is 26.1 Å². The van der Waals surface area contributed by atoms with Gasteiger partial charge < -0.3 is 15.0 Å². The molecule has 2 amide bonds. The van der Waals surface area contributed by atoms with E-state index in [1.807, 2.05) is 41.3 Å². The van der Waals surface area contributed by atoms with Crippen molar-refractivity contribution in [3.05, 3.63) is 64.7 Å². The maximum Gasteiger partial charge on any atom is 0.261 e. The molecule has 1 N–H and O–H groups in total. The minimum atomic E-state index is -0.564. The molecule has 1 saturated heterocycles. The topological polar surface area (TPSA) is 58.6 Å². The van der Waals surface area contributed by atoms with Crippen LogP contribution >= 0.6 is 0 Å². The Bertz CT molecular complexity index is 924. The number of hydrogen-bond donors (Lipinski definition) is 1. The van der Waals surface area contributed by atoms with E-state index in [4.69, 9.17) is 4.74 Å². The fourth-order valence-corrected chi connectivity index (χ4v) is 4.39. The first-order valence-corrected chi connectivity index (χ1v) is 11.0. The van der Waals surface area contributed by atoms with Gasteiger partial charge in [0.2, 0.25) is 5.91 Å². The van der Waals surface area contributed by atoms with Crippen molar-refractivity contribution in [2.24, 2.45) is 0 Å². The summed E-state index contributed by atoms with van der Waals surface area (Å²) in [6.45, 7) is 3.64. The van der Waals surface area contributed by atoms with Crippen molar-refractivity contribution in [2.75, 3.05) is 6.54 Å². The predicted molar refractivity (Wildman–Crippen MR) is 116 cm³/mol. The molecular formula is C25H30N2O3. The fraction of sp³-hybridized carbons (Fsp3) is 0.440. The minimum Gasteiger partial charge on any atom is -0.481 e. The Morgan fingerprint density at radius 1 is 1.03 bits per heavy atom. The molecular weight excluding hydrogens is 376 g/mol. The summed E-state index contributed by atoms with van der Waals surface area (Å²) < 4.78 is 6.05. The van der Waals surface area contributed by atoms with E-state index in [2.05, 4.69) is 11.4 Å². The summed E-state index contributed by atoms with van der Waals surface area (Å²) in [6.07, 6.45) is 5.49. The lowest BCUT2D eigenvalue weighted by atomic mass is 9.91. The predicted octanol–water partition coefficient (Wildman–Crippen LogP) is 3.77. The molecule has 2 aliphatic rings. The largest absolute Gasteiger partial charge is 0.481 e. The van der Waals surface area contributed by atoms with Gasteiger partial charge >= 0.3 is 0 Å². The Morgan fingerprint density at radius 3 is 2.63 bits per heavy atom. The molecule has 2 aromatic rings. The first kappa shape index (κ1) is 20.5. The molecule has 1 atom stereocenters. The summed E-state index contributed by atoms with van der Waals surface area (Å²) >= 11 is 0. The summed E-state index contributed by atoms with van der Waals surface area (Å²) in [4.78, 5) is 26.6. The van der Waals surface area contributed by atoms with E-state index >= 15 is 0 Å². The van der Waals surface area contributed by atoms with Gasteiger partial charge in [0.1, 0.15) is 5.75 Å². The fourth-order valence-electron chi connectivity index (χ4n) is 4.39. The van der Waals surface area contributed by atoms with Gasteiger partial charge in [-0.3, -0.25) is 9.59 Å². The summed E-state index contributed by atoms with van der Waals surface area (Å²) in [5.41, 5.74) is 4.72. The summed E-state index contributed by atoms with van der Waals surface area (Å²) in [5.74, 6) is 0.917. The molecule has 0 radical (unpaired) electrons. The summed E-state index contributed by atoms with van der Waals surface area (Å²) in [5, 5.41) is 3.01. The van der Waals surface area contributed by atoms with E-state index in [1.165, 1.54) is 24.0 Å². The normalized spacial score (nSPS) is 16.8. The number of amides is 2. The van der Waals surface area contributed by atoms with E-state index in [1.54, 1.807) is 6.92 Å². The highest BCUT2D eigenvalue weighted by atomic mass is 16.5. The zero-order valence-electron chi connectivity index (χ0n) is 17.7. The molecule has 0 spiro atoms. The number of hydrogen-bond acceptors (Lipinski definition) is 3. The number of rotatable bonds is 7. The van der Waals surface area contributed by atoms with Gasteiger partial charge in [0.25, 0.3) is 5.91 Å². The third-order valence-electron chi connectivity index (χ3n) is 6.13. The zero-order chi connectivity index (χ0) is 20.9. The number of carbonyl (C=O) groups excluding carboxylic acids is 2. The van der Waals surface area contributed by atoms with Crippen LogP contribution in [-0.4, -0.2) is 29.4 Å². The third-order valence-corrected chi connectivity index (χ3v) is 6.13. The highest BCUT2D eigenvalue weighted by Crippen LogP contribution is 2.30. The quantitative estimate of drug-likeness (QED) is 0.761. The molecule has 1 aliphatic heterocycles. The van der Waals surface area contributed by atoms with Gasteiger partial charge in [-0.15, -0.1) is 0 Å². The molecule has 1 unspecified atom stereocenters. The first-order valence-electron chi connectivity index (χ1n) is 11.0. The van der Waals surface area contributed by atoms with Gasteiger partial charge in [-0.25, -0.2) is 0 Å². The second kappa shape index (κ2) is 9.33. The Balaban J connectivity index is 1.36. The van der Waals surface area contributed by atoms with E-state index in [0.29, 0.717) is 19.5 Å². The number of nitrogens with zero attached hydrogens (tertiary/aromatic N) is 1. The average Bonchev–Trinajstić information content (AvgIpc) is 3.17. The van der Waals surface area contributed by atoms with Gasteiger partial charge in [-0.05, 0) is 67.3 Å².